The average Bonchev–Trinajstić information content (AvgIpc) is 3.34. The van der Waals surface area contributed by atoms with E-state index in [-0.39, 0.29) is 0 Å². The van der Waals surface area contributed by atoms with E-state index >= 15 is 0 Å². The Labute approximate surface area is 127 Å². The molecule has 1 atom stereocenters. The van der Waals surface area contributed by atoms with Crippen molar-refractivity contribution in [3.05, 3.63) is 23.8 Å². The molecule has 3 rings (SSSR count). The normalized spacial score (nSPS) is 21.0. The Morgan fingerprint density at radius 2 is 2.00 bits per heavy atom. The molecule has 1 aromatic carbocycles. The van der Waals surface area contributed by atoms with E-state index in [1.165, 1.54) is 18.4 Å². The predicted octanol–water partition coefficient (Wildman–Crippen LogP) is 2.45. The molecular weight excluding hydrogens is 264 g/mol. The second-order valence-electron chi connectivity index (χ2n) is 5.91. The lowest BCUT2D eigenvalue weighted by atomic mass is 9.99. The lowest BCUT2D eigenvalue weighted by molar-refractivity contribution is 0.155. The van der Waals surface area contributed by atoms with Gasteiger partial charge in [-0.2, -0.15) is 0 Å². The van der Waals surface area contributed by atoms with Crippen molar-refractivity contribution in [3.8, 4) is 11.5 Å². The van der Waals surface area contributed by atoms with Gasteiger partial charge in [-0.25, -0.2) is 0 Å². The topological polar surface area (TPSA) is 33.7 Å². The van der Waals surface area contributed by atoms with Crippen molar-refractivity contribution in [1.29, 1.82) is 0 Å². The van der Waals surface area contributed by atoms with Crippen LogP contribution < -0.4 is 14.8 Å². The molecule has 4 nitrogen and oxygen atoms in total. The molecule has 116 valence electrons. The maximum absolute atomic E-state index is 5.75. The largest absolute Gasteiger partial charge is 0.493 e. The van der Waals surface area contributed by atoms with E-state index in [0.717, 1.165) is 43.6 Å². The van der Waals surface area contributed by atoms with Crippen LogP contribution in [-0.4, -0.2) is 44.8 Å². The van der Waals surface area contributed by atoms with Gasteiger partial charge in [0.25, 0.3) is 0 Å². The van der Waals surface area contributed by atoms with E-state index in [2.05, 4.69) is 28.4 Å². The van der Waals surface area contributed by atoms with Gasteiger partial charge < -0.3 is 14.8 Å². The Balaban J connectivity index is 1.86. The second-order valence-corrected chi connectivity index (χ2v) is 5.91. The molecule has 1 saturated carbocycles. The molecule has 0 aromatic heterocycles. The van der Waals surface area contributed by atoms with Crippen molar-refractivity contribution >= 4 is 0 Å². The molecule has 1 aromatic rings. The summed E-state index contributed by atoms with van der Waals surface area (Å²) in [6.45, 7) is 7.14. The molecule has 0 amide bonds. The highest BCUT2D eigenvalue weighted by molar-refractivity contribution is 5.44. The van der Waals surface area contributed by atoms with Crippen LogP contribution in [0.15, 0.2) is 18.2 Å². The zero-order valence-corrected chi connectivity index (χ0v) is 13.1. The number of methoxy groups -OCH3 is 1. The van der Waals surface area contributed by atoms with Crippen LogP contribution in [0, 0.1) is 5.92 Å². The van der Waals surface area contributed by atoms with Gasteiger partial charge in [-0.1, -0.05) is 6.07 Å². The van der Waals surface area contributed by atoms with E-state index < -0.39 is 0 Å². The van der Waals surface area contributed by atoms with Crippen LogP contribution in [0.25, 0.3) is 0 Å². The van der Waals surface area contributed by atoms with Gasteiger partial charge in [0.15, 0.2) is 11.5 Å². The van der Waals surface area contributed by atoms with E-state index in [1.807, 2.05) is 6.92 Å². The van der Waals surface area contributed by atoms with Crippen LogP contribution in [0.2, 0.25) is 0 Å². The fraction of sp³-hybridized carbons (Fsp3) is 0.647. The van der Waals surface area contributed by atoms with Crippen molar-refractivity contribution < 1.29 is 9.47 Å². The minimum Gasteiger partial charge on any atom is -0.493 e. The number of hydrogen-bond acceptors (Lipinski definition) is 4. The van der Waals surface area contributed by atoms with Gasteiger partial charge in [-0.05, 0) is 43.4 Å². The molecule has 0 unspecified atom stereocenters. The summed E-state index contributed by atoms with van der Waals surface area (Å²) in [5.41, 5.74) is 1.38. The number of nitrogens with zero attached hydrogens (tertiary/aromatic N) is 1. The Morgan fingerprint density at radius 3 is 2.62 bits per heavy atom. The molecule has 1 saturated heterocycles. The van der Waals surface area contributed by atoms with Gasteiger partial charge in [0.05, 0.1) is 13.7 Å². The highest BCUT2D eigenvalue weighted by Crippen LogP contribution is 2.46. The van der Waals surface area contributed by atoms with E-state index in [4.69, 9.17) is 9.47 Å². The van der Waals surface area contributed by atoms with Crippen LogP contribution in [0.5, 0.6) is 11.5 Å². The second kappa shape index (κ2) is 6.67. The lowest BCUT2D eigenvalue weighted by Gasteiger charge is -2.35. The first kappa shape index (κ1) is 14.7. The summed E-state index contributed by atoms with van der Waals surface area (Å²) in [4.78, 5) is 2.63. The zero-order valence-electron chi connectivity index (χ0n) is 13.1. The van der Waals surface area contributed by atoms with Gasteiger partial charge >= 0.3 is 0 Å². The molecule has 1 N–H and O–H groups in total. The quantitative estimate of drug-likeness (QED) is 0.872. The summed E-state index contributed by atoms with van der Waals surface area (Å²) in [5, 5.41) is 3.44. The third kappa shape index (κ3) is 3.33. The van der Waals surface area contributed by atoms with Crippen LogP contribution in [0.1, 0.15) is 31.4 Å². The SMILES string of the molecule is CCOc1cc([C@@H](C2CC2)N2CCNCC2)ccc1OC. The predicted molar refractivity (Wildman–Crippen MR) is 84.1 cm³/mol. The first-order valence-electron chi connectivity index (χ1n) is 8.09. The third-order valence-electron chi connectivity index (χ3n) is 4.44. The van der Waals surface area contributed by atoms with Crippen LogP contribution >= 0.6 is 0 Å². The van der Waals surface area contributed by atoms with Crippen molar-refractivity contribution in [2.45, 2.75) is 25.8 Å². The first-order valence-corrected chi connectivity index (χ1v) is 8.09. The summed E-state index contributed by atoms with van der Waals surface area (Å²) in [5.74, 6) is 2.51. The lowest BCUT2D eigenvalue weighted by Crippen LogP contribution is -2.45. The number of hydrogen-bond donors (Lipinski definition) is 1. The van der Waals surface area contributed by atoms with Crippen molar-refractivity contribution in [3.63, 3.8) is 0 Å². The minimum absolute atomic E-state index is 0.539. The number of ether oxygens (including phenoxy) is 2. The minimum atomic E-state index is 0.539. The molecule has 1 aliphatic carbocycles. The summed E-state index contributed by atoms with van der Waals surface area (Å²) < 4.78 is 11.2. The molecule has 1 aliphatic heterocycles. The first-order chi connectivity index (χ1) is 10.3. The Morgan fingerprint density at radius 1 is 1.24 bits per heavy atom. The molecule has 0 radical (unpaired) electrons. The monoisotopic (exact) mass is 290 g/mol. The molecule has 0 spiro atoms. The fourth-order valence-corrected chi connectivity index (χ4v) is 3.30. The smallest absolute Gasteiger partial charge is 0.161 e. The maximum atomic E-state index is 5.75. The fourth-order valence-electron chi connectivity index (χ4n) is 3.30. The van der Waals surface area contributed by atoms with E-state index in [1.54, 1.807) is 7.11 Å². The molecule has 2 aliphatic rings. The summed E-state index contributed by atoms with van der Waals surface area (Å²) in [7, 11) is 1.70. The highest BCUT2D eigenvalue weighted by Gasteiger charge is 2.37. The standard InChI is InChI=1S/C17H26N2O2/c1-3-21-16-12-14(6-7-15(16)20-2)17(13-4-5-13)19-10-8-18-9-11-19/h6-7,12-13,17-18H,3-5,8-11H2,1-2H3/t17-/m1/s1. The van der Waals surface area contributed by atoms with Crippen LogP contribution in [-0.2, 0) is 0 Å². The maximum Gasteiger partial charge on any atom is 0.161 e. The molecule has 21 heavy (non-hydrogen) atoms. The van der Waals surface area contributed by atoms with Crippen molar-refractivity contribution in [2.75, 3.05) is 39.9 Å². The third-order valence-corrected chi connectivity index (χ3v) is 4.44. The molecule has 4 heteroatoms. The van der Waals surface area contributed by atoms with E-state index in [0.29, 0.717) is 12.6 Å². The van der Waals surface area contributed by atoms with Crippen molar-refractivity contribution in [2.24, 2.45) is 5.92 Å². The van der Waals surface area contributed by atoms with Gasteiger partial charge in [0.1, 0.15) is 0 Å². The zero-order chi connectivity index (χ0) is 14.7. The van der Waals surface area contributed by atoms with Crippen LogP contribution in [0.3, 0.4) is 0 Å². The van der Waals surface area contributed by atoms with Gasteiger partial charge in [0, 0.05) is 32.2 Å². The number of nitrogens with one attached hydrogen (secondary N) is 1. The molecular formula is C17H26N2O2. The Bertz CT molecular complexity index is 468. The Kier molecular flexibility index (Phi) is 4.66. The molecule has 1 heterocycles. The Hall–Kier alpha value is -1.26. The average molecular weight is 290 g/mol. The number of benzene rings is 1. The van der Waals surface area contributed by atoms with Gasteiger partial charge in [-0.3, -0.25) is 4.90 Å². The number of piperazine rings is 1. The van der Waals surface area contributed by atoms with Gasteiger partial charge in [0.2, 0.25) is 0 Å². The number of rotatable bonds is 6. The summed E-state index contributed by atoms with van der Waals surface area (Å²) in [6.07, 6.45) is 2.70. The molecule has 2 fully saturated rings. The summed E-state index contributed by atoms with van der Waals surface area (Å²) in [6, 6.07) is 7.00. The highest BCUT2D eigenvalue weighted by atomic mass is 16.5. The van der Waals surface area contributed by atoms with Crippen LogP contribution in [0.4, 0.5) is 0 Å². The van der Waals surface area contributed by atoms with Crippen molar-refractivity contribution in [1.82, 2.24) is 10.2 Å². The van der Waals surface area contributed by atoms with Gasteiger partial charge in [-0.15, -0.1) is 0 Å². The molecule has 0 bridgehead atoms. The van der Waals surface area contributed by atoms with E-state index in [9.17, 15) is 0 Å². The summed E-state index contributed by atoms with van der Waals surface area (Å²) >= 11 is 0.